The van der Waals surface area contributed by atoms with E-state index in [0.29, 0.717) is 6.29 Å². The van der Waals surface area contributed by atoms with Crippen molar-refractivity contribution >= 4 is 12.3 Å². The minimum Gasteiger partial charge on any atom is -0.669 e. The van der Waals surface area contributed by atoms with Crippen LogP contribution in [0.15, 0.2) is 0 Å². The molecule has 0 spiro atoms. The molecule has 0 heterocycles. The molecular weight excluding hydrogens is 134 g/mol. The van der Waals surface area contributed by atoms with Gasteiger partial charge in [0.05, 0.1) is 7.11 Å². The fraction of sp³-hybridized carbons (Fsp3) is 0.667. The minimum atomic E-state index is -0.793. The van der Waals surface area contributed by atoms with Crippen LogP contribution < -0.4 is 0 Å². The molecule has 0 rings (SSSR count). The molecule has 10 heavy (non-hydrogen) atoms. The topological polar surface area (TPSA) is 67.2 Å². The first-order chi connectivity index (χ1) is 4.70. The average Bonchev–Trinajstić information content (AvgIpc) is 1.99. The van der Waals surface area contributed by atoms with Gasteiger partial charge < -0.3 is 15.3 Å². The minimum absolute atomic E-state index is 0.142. The van der Waals surface area contributed by atoms with Gasteiger partial charge in [0.2, 0.25) is 0 Å². The van der Waals surface area contributed by atoms with E-state index in [9.17, 15) is 9.59 Å². The maximum atomic E-state index is 10.4. The molecule has 0 aliphatic heterocycles. The maximum Gasteiger partial charge on any atom is 0.305 e. The molecule has 0 amide bonds. The van der Waals surface area contributed by atoms with Gasteiger partial charge in [-0.25, -0.2) is 0 Å². The van der Waals surface area contributed by atoms with Crippen molar-refractivity contribution in [1.29, 1.82) is 0 Å². The van der Waals surface area contributed by atoms with Crippen LogP contribution in [0, 0.1) is 0 Å². The average molecular weight is 144 g/mol. The van der Waals surface area contributed by atoms with E-state index >= 15 is 0 Å². The van der Waals surface area contributed by atoms with Gasteiger partial charge in [0.15, 0.2) is 0 Å². The number of ether oxygens (including phenoxy) is 1. The van der Waals surface area contributed by atoms with Crippen molar-refractivity contribution < 1.29 is 14.3 Å². The molecule has 0 radical (unpaired) electrons. The molecule has 0 aliphatic rings. The van der Waals surface area contributed by atoms with Crippen LogP contribution in [-0.4, -0.2) is 25.4 Å². The van der Waals surface area contributed by atoms with E-state index < -0.39 is 6.04 Å². The fourth-order valence-electron chi connectivity index (χ4n) is 0.443. The molecule has 0 saturated carbocycles. The molecule has 1 unspecified atom stereocenters. The van der Waals surface area contributed by atoms with Gasteiger partial charge in [-0.1, -0.05) is 12.5 Å². The normalized spacial score (nSPS) is 12.2. The molecule has 0 aromatic heterocycles. The van der Waals surface area contributed by atoms with E-state index in [-0.39, 0.29) is 18.8 Å². The summed E-state index contributed by atoms with van der Waals surface area (Å²) in [4.78, 5) is 20.3. The van der Waals surface area contributed by atoms with Crippen LogP contribution in [-0.2, 0) is 14.3 Å². The number of carbonyl (C=O) groups excluding carboxylic acids is 2. The first-order valence-electron chi connectivity index (χ1n) is 2.94. The Balaban J connectivity index is 3.34. The highest BCUT2D eigenvalue weighted by Crippen LogP contribution is 1.98. The molecule has 4 nitrogen and oxygen atoms in total. The van der Waals surface area contributed by atoms with Crippen LogP contribution in [0.5, 0.6) is 0 Å². The fourth-order valence-corrected chi connectivity index (χ4v) is 0.443. The van der Waals surface area contributed by atoms with Crippen molar-refractivity contribution in [1.82, 2.24) is 0 Å². The van der Waals surface area contributed by atoms with Crippen molar-refractivity contribution in [3.8, 4) is 0 Å². The Hall–Kier alpha value is -0.900. The van der Waals surface area contributed by atoms with E-state index in [4.69, 9.17) is 5.73 Å². The predicted octanol–water partition coefficient (Wildman–Crippen LogP) is 0.559. The van der Waals surface area contributed by atoms with Crippen LogP contribution in [0.2, 0.25) is 0 Å². The van der Waals surface area contributed by atoms with Crippen molar-refractivity contribution in [2.45, 2.75) is 18.9 Å². The third-order valence-corrected chi connectivity index (χ3v) is 1.05. The van der Waals surface area contributed by atoms with Crippen molar-refractivity contribution in [3.05, 3.63) is 5.73 Å². The quantitative estimate of drug-likeness (QED) is 0.427. The number of nitrogens with one attached hydrogen (secondary N) is 1. The van der Waals surface area contributed by atoms with Crippen LogP contribution >= 0.6 is 0 Å². The lowest BCUT2D eigenvalue weighted by molar-refractivity contribution is -0.140. The third-order valence-electron chi connectivity index (χ3n) is 1.05. The second-order valence-electron chi connectivity index (χ2n) is 1.86. The lowest BCUT2D eigenvalue weighted by atomic mass is 10.2. The smallest absolute Gasteiger partial charge is 0.305 e. The van der Waals surface area contributed by atoms with Gasteiger partial charge in [-0.05, 0) is 0 Å². The lowest BCUT2D eigenvalue weighted by Gasteiger charge is -2.09. The molecule has 0 bridgehead atoms. The van der Waals surface area contributed by atoms with E-state index in [0.717, 1.165) is 0 Å². The zero-order chi connectivity index (χ0) is 7.98. The number of rotatable bonds is 4. The largest absolute Gasteiger partial charge is 0.669 e. The predicted molar refractivity (Wildman–Crippen MR) is 35.4 cm³/mol. The molecule has 1 N–H and O–H groups in total. The summed E-state index contributed by atoms with van der Waals surface area (Å²) in [6.07, 6.45) is 0.891. The molecule has 1 atom stereocenters. The van der Waals surface area contributed by atoms with Crippen LogP contribution in [0.3, 0.4) is 0 Å². The highest BCUT2D eigenvalue weighted by Gasteiger charge is 1.99. The first kappa shape index (κ1) is 9.10. The SMILES string of the molecule is COC(=O)CCC([NH-])C=O. The zero-order valence-corrected chi connectivity index (χ0v) is 5.79. The number of hydrogen-bond acceptors (Lipinski definition) is 3. The van der Waals surface area contributed by atoms with Gasteiger partial charge in [0, 0.05) is 6.42 Å². The van der Waals surface area contributed by atoms with Crippen molar-refractivity contribution in [3.63, 3.8) is 0 Å². The van der Waals surface area contributed by atoms with Crippen molar-refractivity contribution in [2.24, 2.45) is 0 Å². The van der Waals surface area contributed by atoms with Crippen molar-refractivity contribution in [2.75, 3.05) is 7.11 Å². The Labute approximate surface area is 59.3 Å². The molecule has 0 aromatic rings. The van der Waals surface area contributed by atoms with Gasteiger partial charge in [-0.2, -0.15) is 0 Å². The number of esters is 1. The van der Waals surface area contributed by atoms with Gasteiger partial charge in [0.25, 0.3) is 0 Å². The summed E-state index contributed by atoms with van der Waals surface area (Å²) < 4.78 is 4.31. The van der Waals surface area contributed by atoms with Crippen LogP contribution in [0.1, 0.15) is 12.8 Å². The second kappa shape index (κ2) is 4.93. The Morgan fingerprint density at radius 2 is 2.40 bits per heavy atom. The first-order valence-corrected chi connectivity index (χ1v) is 2.94. The number of methoxy groups -OCH3 is 1. The standard InChI is InChI=1S/C6H10NO3/c1-10-6(9)3-2-5(7)4-8/h4-5,7H,2-3H2,1H3/q-1. The third kappa shape index (κ3) is 4.03. The summed E-state index contributed by atoms with van der Waals surface area (Å²) in [6, 6.07) is -0.793. The van der Waals surface area contributed by atoms with E-state index in [1.54, 1.807) is 0 Å². The van der Waals surface area contributed by atoms with Gasteiger partial charge >= 0.3 is 5.97 Å². The summed E-state index contributed by atoms with van der Waals surface area (Å²) in [5.74, 6) is -0.376. The maximum absolute atomic E-state index is 10.4. The molecule has 0 fully saturated rings. The summed E-state index contributed by atoms with van der Waals surface area (Å²) in [5, 5.41) is 0. The molecule has 0 aromatic carbocycles. The monoisotopic (exact) mass is 144 g/mol. The van der Waals surface area contributed by atoms with E-state index in [1.807, 2.05) is 0 Å². The van der Waals surface area contributed by atoms with Crippen LogP contribution in [0.25, 0.3) is 5.73 Å². The highest BCUT2D eigenvalue weighted by atomic mass is 16.5. The lowest BCUT2D eigenvalue weighted by Crippen LogP contribution is -2.07. The Morgan fingerprint density at radius 3 is 2.80 bits per heavy atom. The zero-order valence-electron chi connectivity index (χ0n) is 5.79. The highest BCUT2D eigenvalue weighted by molar-refractivity contribution is 5.70. The van der Waals surface area contributed by atoms with Gasteiger partial charge in [-0.15, -0.1) is 0 Å². The number of aldehydes is 1. The summed E-state index contributed by atoms with van der Waals surface area (Å²) >= 11 is 0. The molecule has 4 heteroatoms. The summed E-state index contributed by atoms with van der Waals surface area (Å²) in [6.45, 7) is 0. The van der Waals surface area contributed by atoms with Crippen LogP contribution in [0.4, 0.5) is 0 Å². The summed E-state index contributed by atoms with van der Waals surface area (Å²) in [7, 11) is 1.28. The molecule has 58 valence electrons. The van der Waals surface area contributed by atoms with E-state index in [1.165, 1.54) is 7.11 Å². The molecule has 0 saturated heterocycles. The summed E-state index contributed by atoms with van der Waals surface area (Å²) in [5.41, 5.74) is 6.91. The van der Waals surface area contributed by atoms with E-state index in [2.05, 4.69) is 4.74 Å². The molecular formula is C6H10NO3-. The number of hydrogen-bond donors (Lipinski definition) is 0. The number of carbonyl (C=O) groups is 2. The Bertz CT molecular complexity index is 124. The van der Waals surface area contributed by atoms with Gasteiger partial charge in [-0.3, -0.25) is 4.79 Å². The molecule has 0 aliphatic carbocycles. The van der Waals surface area contributed by atoms with Gasteiger partial charge in [0.1, 0.15) is 6.29 Å². The Morgan fingerprint density at radius 1 is 1.80 bits per heavy atom. The second-order valence-corrected chi connectivity index (χ2v) is 1.86. The Kier molecular flexibility index (Phi) is 4.49.